The Kier molecular flexibility index (Phi) is 4.30. The van der Waals surface area contributed by atoms with E-state index in [-0.39, 0.29) is 11.6 Å². The molecule has 1 unspecified atom stereocenters. The summed E-state index contributed by atoms with van der Waals surface area (Å²) in [5.41, 5.74) is 0.372. The molecule has 8 heteroatoms. The molecule has 0 bridgehead atoms. The Balaban J connectivity index is 2.03. The van der Waals surface area contributed by atoms with Gasteiger partial charge in [0.15, 0.2) is 5.82 Å². The maximum Gasteiger partial charge on any atom is 0.328 e. The molecule has 2 aromatic heterocycles. The summed E-state index contributed by atoms with van der Waals surface area (Å²) >= 11 is 0. The molecule has 24 heavy (non-hydrogen) atoms. The smallest absolute Gasteiger partial charge is 0.328 e. The van der Waals surface area contributed by atoms with Gasteiger partial charge in [0.05, 0.1) is 10.9 Å². The zero-order valence-electron chi connectivity index (χ0n) is 13.8. The van der Waals surface area contributed by atoms with Crippen molar-refractivity contribution in [1.29, 1.82) is 0 Å². The molecule has 0 fully saturated rings. The first-order chi connectivity index (χ1) is 11.5. The molecule has 0 saturated carbocycles. The Bertz CT molecular complexity index is 985. The summed E-state index contributed by atoms with van der Waals surface area (Å²) in [5, 5.41) is 7.52. The lowest BCUT2D eigenvalue weighted by Gasteiger charge is -2.05. The molecule has 3 rings (SSSR count). The number of aromatic amines is 1. The van der Waals surface area contributed by atoms with E-state index in [1.165, 1.54) is 0 Å². The Hall–Kier alpha value is -2.74. The normalized spacial score (nSPS) is 12.6. The molecule has 0 aliphatic rings. The van der Waals surface area contributed by atoms with Crippen LogP contribution < -0.4 is 16.6 Å². The minimum Gasteiger partial charge on any atom is -0.334 e. The van der Waals surface area contributed by atoms with Crippen molar-refractivity contribution in [3.8, 4) is 11.5 Å². The number of hydrogen-bond donors (Lipinski definition) is 2. The van der Waals surface area contributed by atoms with Gasteiger partial charge in [-0.15, -0.1) is 0 Å². The van der Waals surface area contributed by atoms with Crippen molar-refractivity contribution in [3.05, 3.63) is 44.9 Å². The topological polar surface area (TPSA) is 106 Å². The van der Waals surface area contributed by atoms with Crippen LogP contribution in [0.1, 0.15) is 19.7 Å². The van der Waals surface area contributed by atoms with Gasteiger partial charge in [0.2, 0.25) is 0 Å². The lowest BCUT2D eigenvalue weighted by molar-refractivity contribution is 0.418. The van der Waals surface area contributed by atoms with Crippen LogP contribution in [0, 0.1) is 0 Å². The van der Waals surface area contributed by atoms with Gasteiger partial charge in [-0.1, -0.05) is 5.16 Å². The van der Waals surface area contributed by atoms with Gasteiger partial charge in [-0.25, -0.2) is 4.79 Å². The predicted octanol–water partition coefficient (Wildman–Crippen LogP) is 0.910. The van der Waals surface area contributed by atoms with E-state index in [1.54, 1.807) is 25.1 Å². The maximum absolute atomic E-state index is 12.3. The van der Waals surface area contributed by atoms with Crippen LogP contribution >= 0.6 is 0 Å². The summed E-state index contributed by atoms with van der Waals surface area (Å²) in [5.74, 6) is 0.956. The third-order valence-electron chi connectivity index (χ3n) is 3.99. The van der Waals surface area contributed by atoms with Crippen LogP contribution in [0.5, 0.6) is 0 Å². The van der Waals surface area contributed by atoms with E-state index in [9.17, 15) is 9.59 Å². The fourth-order valence-electron chi connectivity index (χ4n) is 2.50. The van der Waals surface area contributed by atoms with Crippen LogP contribution in [0.4, 0.5) is 0 Å². The van der Waals surface area contributed by atoms with E-state index in [2.05, 4.69) is 20.4 Å². The van der Waals surface area contributed by atoms with Crippen LogP contribution in [0.3, 0.4) is 0 Å². The van der Waals surface area contributed by atoms with Crippen molar-refractivity contribution in [2.24, 2.45) is 0 Å². The van der Waals surface area contributed by atoms with E-state index in [4.69, 9.17) is 4.52 Å². The minimum atomic E-state index is -0.429. The highest BCUT2D eigenvalue weighted by atomic mass is 16.5. The molecule has 8 nitrogen and oxygen atoms in total. The fraction of sp³-hybridized carbons (Fsp3) is 0.375. The fourth-order valence-corrected chi connectivity index (χ4v) is 2.50. The molecule has 2 N–H and O–H groups in total. The Labute approximate surface area is 137 Å². The van der Waals surface area contributed by atoms with Crippen molar-refractivity contribution in [1.82, 2.24) is 25.0 Å². The van der Waals surface area contributed by atoms with Crippen molar-refractivity contribution in [3.63, 3.8) is 0 Å². The summed E-state index contributed by atoms with van der Waals surface area (Å²) in [6, 6.07) is 5.31. The van der Waals surface area contributed by atoms with Gasteiger partial charge in [-0.2, -0.15) is 4.98 Å². The largest absolute Gasteiger partial charge is 0.334 e. The number of nitrogens with zero attached hydrogens (tertiary/aromatic N) is 3. The first kappa shape index (κ1) is 16.1. The second-order valence-corrected chi connectivity index (χ2v) is 5.65. The number of benzene rings is 1. The molecule has 3 aromatic rings. The predicted molar refractivity (Wildman–Crippen MR) is 90.0 cm³/mol. The zero-order valence-corrected chi connectivity index (χ0v) is 13.8. The Morgan fingerprint density at radius 3 is 2.88 bits per heavy atom. The van der Waals surface area contributed by atoms with Crippen LogP contribution in [-0.2, 0) is 13.0 Å². The lowest BCUT2D eigenvalue weighted by Crippen LogP contribution is -2.34. The minimum absolute atomic E-state index is 0.232. The van der Waals surface area contributed by atoms with E-state index in [0.717, 1.165) is 4.57 Å². The summed E-state index contributed by atoms with van der Waals surface area (Å²) in [6.45, 7) is 4.10. The third-order valence-corrected chi connectivity index (χ3v) is 3.99. The van der Waals surface area contributed by atoms with E-state index < -0.39 is 5.69 Å². The summed E-state index contributed by atoms with van der Waals surface area (Å²) < 4.78 is 6.44. The summed E-state index contributed by atoms with van der Waals surface area (Å²) in [4.78, 5) is 31.3. The van der Waals surface area contributed by atoms with E-state index in [1.807, 2.05) is 14.0 Å². The zero-order chi connectivity index (χ0) is 17.3. The number of hydrogen-bond acceptors (Lipinski definition) is 6. The first-order valence-corrected chi connectivity index (χ1v) is 7.80. The van der Waals surface area contributed by atoms with E-state index >= 15 is 0 Å². The molecule has 1 aromatic carbocycles. The number of likely N-dealkylation sites (N-methyl/N-ethyl adjacent to an activating group) is 1. The maximum atomic E-state index is 12.3. The van der Waals surface area contributed by atoms with Gasteiger partial charge in [0.25, 0.3) is 11.4 Å². The van der Waals surface area contributed by atoms with Crippen molar-refractivity contribution in [2.45, 2.75) is 32.9 Å². The highest BCUT2D eigenvalue weighted by molar-refractivity contribution is 5.81. The second-order valence-electron chi connectivity index (χ2n) is 5.65. The second kappa shape index (κ2) is 6.40. The van der Waals surface area contributed by atoms with E-state index in [0.29, 0.717) is 41.1 Å². The van der Waals surface area contributed by atoms with Gasteiger partial charge < -0.3 is 14.8 Å². The average Bonchev–Trinajstić information content (AvgIpc) is 3.03. The van der Waals surface area contributed by atoms with Crippen molar-refractivity contribution >= 4 is 10.9 Å². The molecule has 0 saturated heterocycles. The van der Waals surface area contributed by atoms with Crippen molar-refractivity contribution in [2.75, 3.05) is 7.05 Å². The molecule has 0 amide bonds. The standard InChI is InChI=1S/C16H19N5O3/c1-4-21-15(22)11-6-5-10(8-12(11)18-16(21)23)14-19-13(20-24-14)7-9(2)17-3/h5-6,8-9,17H,4,7H2,1-3H3,(H,18,23). The lowest BCUT2D eigenvalue weighted by atomic mass is 10.1. The van der Waals surface area contributed by atoms with Crippen LogP contribution in [0.2, 0.25) is 0 Å². The molecule has 0 aliphatic carbocycles. The number of nitrogens with one attached hydrogen (secondary N) is 2. The number of aromatic nitrogens is 4. The molecule has 0 radical (unpaired) electrons. The first-order valence-electron chi connectivity index (χ1n) is 7.80. The van der Waals surface area contributed by atoms with Crippen LogP contribution in [0.25, 0.3) is 22.4 Å². The average molecular weight is 329 g/mol. The highest BCUT2D eigenvalue weighted by Gasteiger charge is 2.13. The van der Waals surface area contributed by atoms with Gasteiger partial charge in [0.1, 0.15) is 0 Å². The molecule has 0 aliphatic heterocycles. The molecular weight excluding hydrogens is 310 g/mol. The quantitative estimate of drug-likeness (QED) is 0.721. The van der Waals surface area contributed by atoms with Crippen LogP contribution in [-0.4, -0.2) is 32.8 Å². The molecule has 2 heterocycles. The molecular formula is C16H19N5O3. The van der Waals surface area contributed by atoms with Gasteiger partial charge >= 0.3 is 5.69 Å². The summed E-state index contributed by atoms with van der Waals surface area (Å²) in [6.07, 6.45) is 0.644. The highest BCUT2D eigenvalue weighted by Crippen LogP contribution is 2.20. The number of rotatable bonds is 5. The SMILES string of the molecule is CCn1c(=O)[nH]c2cc(-c3nc(CC(C)NC)no3)ccc2c1=O. The third kappa shape index (κ3) is 2.88. The number of H-pyrrole nitrogens is 1. The molecule has 0 spiro atoms. The molecule has 1 atom stereocenters. The molecule has 126 valence electrons. The van der Waals surface area contributed by atoms with Crippen LogP contribution in [0.15, 0.2) is 32.3 Å². The number of fused-ring (bicyclic) bond motifs is 1. The Morgan fingerprint density at radius 1 is 1.38 bits per heavy atom. The monoisotopic (exact) mass is 329 g/mol. The van der Waals surface area contributed by atoms with Gasteiger partial charge in [-0.05, 0) is 39.1 Å². The summed E-state index contributed by atoms with van der Waals surface area (Å²) in [7, 11) is 1.87. The van der Waals surface area contributed by atoms with Crippen molar-refractivity contribution < 1.29 is 4.52 Å². The van der Waals surface area contributed by atoms with Gasteiger partial charge in [0, 0.05) is 24.6 Å². The Morgan fingerprint density at radius 2 is 2.17 bits per heavy atom. The van der Waals surface area contributed by atoms with Gasteiger partial charge in [-0.3, -0.25) is 9.36 Å².